The average Bonchev–Trinajstić information content (AvgIpc) is 2.86. The van der Waals surface area contributed by atoms with Crippen molar-refractivity contribution in [3.05, 3.63) is 81.6 Å². The molecule has 0 radical (unpaired) electrons. The highest BCUT2D eigenvalue weighted by Gasteiger charge is 2.11. The van der Waals surface area contributed by atoms with Gasteiger partial charge >= 0.3 is 0 Å². The molecule has 1 heterocycles. The maximum absolute atomic E-state index is 6.26. The molecule has 0 bridgehead atoms. The Morgan fingerprint density at radius 1 is 1.08 bits per heavy atom. The Morgan fingerprint density at radius 3 is 2.56 bits per heavy atom. The van der Waals surface area contributed by atoms with Crippen molar-refractivity contribution in [1.82, 2.24) is 9.78 Å². The number of aryl methyl sites for hydroxylation is 2. The SMILES string of the molecule is Cc1ccccc1N/N=C\c1c(C)nn(Cc2ccccc2Cl)c1C. The molecule has 25 heavy (non-hydrogen) atoms. The van der Waals surface area contributed by atoms with E-state index >= 15 is 0 Å². The molecule has 0 fully saturated rings. The van der Waals surface area contributed by atoms with E-state index in [0.717, 1.165) is 38.8 Å². The van der Waals surface area contributed by atoms with Crippen molar-refractivity contribution in [2.75, 3.05) is 5.43 Å². The third kappa shape index (κ3) is 3.91. The number of hydrogen-bond donors (Lipinski definition) is 1. The van der Waals surface area contributed by atoms with Gasteiger partial charge in [-0.05, 0) is 44.0 Å². The third-order valence-electron chi connectivity index (χ3n) is 4.24. The zero-order valence-corrected chi connectivity index (χ0v) is 15.4. The molecular weight excluding hydrogens is 332 g/mol. The van der Waals surface area contributed by atoms with Crippen molar-refractivity contribution in [3.8, 4) is 0 Å². The van der Waals surface area contributed by atoms with Gasteiger partial charge in [-0.25, -0.2) is 0 Å². The van der Waals surface area contributed by atoms with E-state index in [-0.39, 0.29) is 0 Å². The number of rotatable bonds is 5. The van der Waals surface area contributed by atoms with Gasteiger partial charge in [0.05, 0.1) is 24.1 Å². The molecule has 128 valence electrons. The molecule has 4 nitrogen and oxygen atoms in total. The van der Waals surface area contributed by atoms with Crippen LogP contribution in [0, 0.1) is 20.8 Å². The van der Waals surface area contributed by atoms with Crippen LogP contribution >= 0.6 is 11.6 Å². The minimum absolute atomic E-state index is 0.644. The topological polar surface area (TPSA) is 42.2 Å². The molecular formula is C20H21ClN4. The summed E-state index contributed by atoms with van der Waals surface area (Å²) in [5.41, 5.74) is 9.33. The fraction of sp³-hybridized carbons (Fsp3) is 0.200. The number of nitrogens with zero attached hydrogens (tertiary/aromatic N) is 3. The normalized spacial score (nSPS) is 11.2. The summed E-state index contributed by atoms with van der Waals surface area (Å²) in [5.74, 6) is 0. The van der Waals surface area contributed by atoms with E-state index in [0.29, 0.717) is 6.54 Å². The summed E-state index contributed by atoms with van der Waals surface area (Å²) in [6.07, 6.45) is 1.83. The molecule has 3 rings (SSSR count). The number of anilines is 1. The lowest BCUT2D eigenvalue weighted by atomic mass is 10.2. The Bertz CT molecular complexity index is 912. The van der Waals surface area contributed by atoms with Crippen molar-refractivity contribution in [3.63, 3.8) is 0 Å². The maximum atomic E-state index is 6.26. The molecule has 2 aromatic carbocycles. The summed E-state index contributed by atoms with van der Waals surface area (Å²) in [6.45, 7) is 6.73. The van der Waals surface area contributed by atoms with Gasteiger partial charge in [-0.15, -0.1) is 0 Å². The summed E-state index contributed by atoms with van der Waals surface area (Å²) in [6, 6.07) is 15.9. The molecule has 0 saturated carbocycles. The van der Waals surface area contributed by atoms with Crippen LogP contribution in [0.15, 0.2) is 53.6 Å². The molecule has 1 aromatic heterocycles. The smallest absolute Gasteiger partial charge is 0.0685 e. The van der Waals surface area contributed by atoms with Crippen LogP contribution in [0.1, 0.15) is 28.1 Å². The number of para-hydroxylation sites is 1. The summed E-state index contributed by atoms with van der Waals surface area (Å²) in [4.78, 5) is 0. The van der Waals surface area contributed by atoms with Gasteiger partial charge in [0.2, 0.25) is 0 Å². The average molecular weight is 353 g/mol. The Morgan fingerprint density at radius 2 is 1.80 bits per heavy atom. The molecule has 1 N–H and O–H groups in total. The number of hydrogen-bond acceptors (Lipinski definition) is 3. The predicted octanol–water partition coefficient (Wildman–Crippen LogP) is 4.96. The lowest BCUT2D eigenvalue weighted by Gasteiger charge is -2.06. The summed E-state index contributed by atoms with van der Waals surface area (Å²) >= 11 is 6.26. The monoisotopic (exact) mass is 352 g/mol. The second kappa shape index (κ2) is 7.53. The summed E-state index contributed by atoms with van der Waals surface area (Å²) in [7, 11) is 0. The lowest BCUT2D eigenvalue weighted by molar-refractivity contribution is 0.659. The second-order valence-electron chi connectivity index (χ2n) is 6.02. The molecule has 0 aliphatic rings. The molecule has 0 amide bonds. The second-order valence-corrected chi connectivity index (χ2v) is 6.43. The van der Waals surface area contributed by atoms with Crippen molar-refractivity contribution < 1.29 is 0 Å². The summed E-state index contributed by atoms with van der Waals surface area (Å²) < 4.78 is 1.96. The summed E-state index contributed by atoms with van der Waals surface area (Å²) in [5, 5.41) is 9.76. The lowest BCUT2D eigenvalue weighted by Crippen LogP contribution is -2.05. The quantitative estimate of drug-likeness (QED) is 0.521. The van der Waals surface area contributed by atoms with Gasteiger partial charge in [-0.3, -0.25) is 10.1 Å². The zero-order valence-electron chi connectivity index (χ0n) is 14.6. The number of hydrazone groups is 1. The van der Waals surface area contributed by atoms with Gasteiger partial charge in [0.25, 0.3) is 0 Å². The largest absolute Gasteiger partial charge is 0.278 e. The van der Waals surface area contributed by atoms with Crippen LogP contribution in [-0.4, -0.2) is 16.0 Å². The Balaban J connectivity index is 1.79. The van der Waals surface area contributed by atoms with Crippen molar-refractivity contribution in [2.24, 2.45) is 5.10 Å². The first-order valence-electron chi connectivity index (χ1n) is 8.18. The van der Waals surface area contributed by atoms with Crippen LogP contribution in [0.5, 0.6) is 0 Å². The Kier molecular flexibility index (Phi) is 5.19. The van der Waals surface area contributed by atoms with E-state index in [1.54, 1.807) is 0 Å². The highest BCUT2D eigenvalue weighted by molar-refractivity contribution is 6.31. The van der Waals surface area contributed by atoms with Gasteiger partial charge in [0, 0.05) is 16.3 Å². The minimum Gasteiger partial charge on any atom is -0.278 e. The van der Waals surface area contributed by atoms with Crippen molar-refractivity contribution in [2.45, 2.75) is 27.3 Å². The predicted molar refractivity (Wildman–Crippen MR) is 105 cm³/mol. The van der Waals surface area contributed by atoms with Crippen LogP contribution in [0.2, 0.25) is 5.02 Å². The highest BCUT2D eigenvalue weighted by Crippen LogP contribution is 2.19. The molecule has 0 aliphatic carbocycles. The number of aromatic nitrogens is 2. The fourth-order valence-corrected chi connectivity index (χ4v) is 2.90. The molecule has 0 saturated heterocycles. The maximum Gasteiger partial charge on any atom is 0.0685 e. The van der Waals surface area contributed by atoms with Crippen LogP contribution < -0.4 is 5.43 Å². The van der Waals surface area contributed by atoms with E-state index in [4.69, 9.17) is 11.6 Å². The Labute approximate surface area is 153 Å². The van der Waals surface area contributed by atoms with Gasteiger partial charge in [0.1, 0.15) is 0 Å². The van der Waals surface area contributed by atoms with Crippen LogP contribution in [0.4, 0.5) is 5.69 Å². The van der Waals surface area contributed by atoms with E-state index in [2.05, 4.69) is 28.6 Å². The molecule has 5 heteroatoms. The van der Waals surface area contributed by atoms with Gasteiger partial charge < -0.3 is 0 Å². The van der Waals surface area contributed by atoms with Gasteiger partial charge in [-0.2, -0.15) is 10.2 Å². The Hall–Kier alpha value is -2.59. The molecule has 0 atom stereocenters. The number of benzene rings is 2. The highest BCUT2D eigenvalue weighted by atomic mass is 35.5. The van der Waals surface area contributed by atoms with E-state index in [1.807, 2.05) is 67.2 Å². The fourth-order valence-electron chi connectivity index (χ4n) is 2.70. The number of nitrogens with one attached hydrogen (secondary N) is 1. The number of halogens is 1. The van der Waals surface area contributed by atoms with Crippen molar-refractivity contribution in [1.29, 1.82) is 0 Å². The van der Waals surface area contributed by atoms with Gasteiger partial charge in [-0.1, -0.05) is 48.0 Å². The van der Waals surface area contributed by atoms with Gasteiger partial charge in [0.15, 0.2) is 0 Å². The zero-order chi connectivity index (χ0) is 17.8. The standard InChI is InChI=1S/C20H21ClN4/c1-14-8-4-7-11-20(14)23-22-12-18-15(2)24-25(16(18)3)13-17-9-5-6-10-19(17)21/h4-12,23H,13H2,1-3H3/b22-12-. The molecule has 0 spiro atoms. The van der Waals surface area contributed by atoms with Crippen LogP contribution in [0.25, 0.3) is 0 Å². The van der Waals surface area contributed by atoms with E-state index in [9.17, 15) is 0 Å². The molecule has 0 aliphatic heterocycles. The molecule has 0 unspecified atom stereocenters. The van der Waals surface area contributed by atoms with E-state index < -0.39 is 0 Å². The molecule has 3 aromatic rings. The third-order valence-corrected chi connectivity index (χ3v) is 4.61. The van der Waals surface area contributed by atoms with Crippen LogP contribution in [-0.2, 0) is 6.54 Å². The first kappa shape index (κ1) is 17.2. The first-order chi connectivity index (χ1) is 12.1. The van der Waals surface area contributed by atoms with E-state index in [1.165, 1.54) is 0 Å². The van der Waals surface area contributed by atoms with Crippen molar-refractivity contribution >= 4 is 23.5 Å². The first-order valence-corrected chi connectivity index (χ1v) is 8.56. The minimum atomic E-state index is 0.644. The van der Waals surface area contributed by atoms with Crippen LogP contribution in [0.3, 0.4) is 0 Å².